The van der Waals surface area contributed by atoms with Crippen LogP contribution >= 0.6 is 0 Å². The van der Waals surface area contributed by atoms with Crippen LogP contribution < -0.4 is 5.32 Å². The first-order valence-corrected chi connectivity index (χ1v) is 8.57. The van der Waals surface area contributed by atoms with Crippen molar-refractivity contribution in [2.75, 3.05) is 19.6 Å². The molecule has 19 heavy (non-hydrogen) atoms. The Hall–Kier alpha value is -0.0800. The van der Waals surface area contributed by atoms with Crippen LogP contribution in [-0.2, 0) is 0 Å². The smallest absolute Gasteiger partial charge is 0.0198 e. The minimum absolute atomic E-state index is 0.741. The van der Waals surface area contributed by atoms with E-state index in [1.165, 1.54) is 51.7 Å². The third-order valence-electron chi connectivity index (χ3n) is 5.34. The summed E-state index contributed by atoms with van der Waals surface area (Å²) in [5, 5.41) is 3.82. The molecule has 1 N–H and O–H groups in total. The van der Waals surface area contributed by atoms with Crippen molar-refractivity contribution in [2.45, 2.75) is 71.9 Å². The fourth-order valence-electron chi connectivity index (χ4n) is 3.72. The van der Waals surface area contributed by atoms with Crippen LogP contribution in [0.3, 0.4) is 0 Å². The molecule has 1 aliphatic heterocycles. The molecule has 0 aromatic carbocycles. The maximum absolute atomic E-state index is 3.82. The van der Waals surface area contributed by atoms with E-state index in [0.29, 0.717) is 0 Å². The second-order valence-electron chi connectivity index (χ2n) is 7.42. The lowest BCUT2D eigenvalue weighted by Crippen LogP contribution is -2.56. The zero-order valence-electron chi connectivity index (χ0n) is 13.5. The van der Waals surface area contributed by atoms with Gasteiger partial charge in [-0.15, -0.1) is 0 Å². The van der Waals surface area contributed by atoms with E-state index in [9.17, 15) is 0 Å². The van der Waals surface area contributed by atoms with Gasteiger partial charge in [0.1, 0.15) is 0 Å². The predicted octanol–water partition coefficient (Wildman–Crippen LogP) is 3.52. The molecule has 4 unspecified atom stereocenters. The van der Waals surface area contributed by atoms with Gasteiger partial charge in [-0.05, 0) is 50.0 Å². The Labute approximate surface area is 120 Å². The third kappa shape index (κ3) is 4.19. The summed E-state index contributed by atoms with van der Waals surface area (Å²) in [6, 6.07) is 1.63. The molecule has 2 heteroatoms. The van der Waals surface area contributed by atoms with Crippen LogP contribution in [0.4, 0.5) is 0 Å². The summed E-state index contributed by atoms with van der Waals surface area (Å²) >= 11 is 0. The van der Waals surface area contributed by atoms with Crippen molar-refractivity contribution in [1.29, 1.82) is 0 Å². The Morgan fingerprint density at radius 3 is 2.53 bits per heavy atom. The molecule has 2 rings (SSSR count). The Balaban J connectivity index is 1.81. The molecule has 0 radical (unpaired) electrons. The van der Waals surface area contributed by atoms with Crippen molar-refractivity contribution in [2.24, 2.45) is 17.8 Å². The minimum Gasteiger partial charge on any atom is -0.313 e. The summed E-state index contributed by atoms with van der Waals surface area (Å²) in [5.74, 6) is 2.67. The average Bonchev–Trinajstić information content (AvgIpc) is 2.36. The molecule has 1 saturated carbocycles. The van der Waals surface area contributed by atoms with Crippen molar-refractivity contribution in [1.82, 2.24) is 10.2 Å². The topological polar surface area (TPSA) is 15.3 Å². The van der Waals surface area contributed by atoms with E-state index in [-0.39, 0.29) is 0 Å². The van der Waals surface area contributed by atoms with Gasteiger partial charge in [-0.2, -0.15) is 0 Å². The molecule has 0 aromatic heterocycles. The molecule has 0 amide bonds. The molecule has 0 bridgehead atoms. The van der Waals surface area contributed by atoms with Gasteiger partial charge in [-0.3, -0.25) is 4.90 Å². The van der Waals surface area contributed by atoms with Gasteiger partial charge in [0, 0.05) is 25.2 Å². The maximum Gasteiger partial charge on any atom is 0.0198 e. The highest BCUT2D eigenvalue weighted by Gasteiger charge is 2.36. The van der Waals surface area contributed by atoms with Crippen molar-refractivity contribution < 1.29 is 0 Å². The number of nitrogens with zero attached hydrogens (tertiary/aromatic N) is 1. The Kier molecular flexibility index (Phi) is 5.70. The molecule has 2 aliphatic rings. The Morgan fingerprint density at radius 2 is 2.00 bits per heavy atom. The molecule has 112 valence electrons. The molecule has 1 saturated heterocycles. The summed E-state index contributed by atoms with van der Waals surface area (Å²) in [6.07, 6.45) is 6.94. The molecule has 1 heterocycles. The monoisotopic (exact) mass is 266 g/mol. The summed E-state index contributed by atoms with van der Waals surface area (Å²) in [6.45, 7) is 13.3. The van der Waals surface area contributed by atoms with Crippen molar-refractivity contribution >= 4 is 0 Å². The maximum atomic E-state index is 3.82. The summed E-state index contributed by atoms with van der Waals surface area (Å²) in [4.78, 5) is 2.80. The summed E-state index contributed by atoms with van der Waals surface area (Å²) < 4.78 is 0. The van der Waals surface area contributed by atoms with E-state index < -0.39 is 0 Å². The predicted molar refractivity (Wildman–Crippen MR) is 83.4 cm³/mol. The van der Waals surface area contributed by atoms with Crippen LogP contribution in [0.5, 0.6) is 0 Å². The van der Waals surface area contributed by atoms with E-state index in [0.717, 1.165) is 29.8 Å². The van der Waals surface area contributed by atoms with E-state index >= 15 is 0 Å². The highest BCUT2D eigenvalue weighted by atomic mass is 15.2. The van der Waals surface area contributed by atoms with Crippen LogP contribution in [0.15, 0.2) is 0 Å². The number of nitrogens with one attached hydrogen (secondary N) is 1. The highest BCUT2D eigenvalue weighted by Crippen LogP contribution is 2.34. The van der Waals surface area contributed by atoms with E-state index in [1.807, 2.05) is 0 Å². The Bertz CT molecular complexity index is 264. The van der Waals surface area contributed by atoms with E-state index in [1.54, 1.807) is 0 Å². The van der Waals surface area contributed by atoms with Crippen LogP contribution in [0.2, 0.25) is 0 Å². The van der Waals surface area contributed by atoms with Gasteiger partial charge in [0.2, 0.25) is 0 Å². The standard InChI is InChI=1S/C17H34N2/c1-5-15-10-16(18-9-8-13(2)3)12-19(11-15)17-7-6-14(17)4/h13-18H,5-12H2,1-4H3. The van der Waals surface area contributed by atoms with Crippen molar-refractivity contribution in [3.63, 3.8) is 0 Å². The fourth-order valence-corrected chi connectivity index (χ4v) is 3.72. The number of likely N-dealkylation sites (tertiary alicyclic amines) is 1. The lowest BCUT2D eigenvalue weighted by atomic mass is 9.78. The summed E-state index contributed by atoms with van der Waals surface area (Å²) in [7, 11) is 0. The van der Waals surface area contributed by atoms with Crippen molar-refractivity contribution in [3.8, 4) is 0 Å². The fraction of sp³-hybridized carbons (Fsp3) is 1.00. The molecule has 2 fully saturated rings. The number of piperidine rings is 1. The number of rotatable bonds is 6. The van der Waals surface area contributed by atoms with Gasteiger partial charge >= 0.3 is 0 Å². The van der Waals surface area contributed by atoms with E-state index in [4.69, 9.17) is 0 Å². The van der Waals surface area contributed by atoms with Gasteiger partial charge < -0.3 is 5.32 Å². The lowest BCUT2D eigenvalue weighted by Gasteiger charge is -2.48. The molecule has 2 nitrogen and oxygen atoms in total. The largest absolute Gasteiger partial charge is 0.313 e. The minimum atomic E-state index is 0.741. The average molecular weight is 266 g/mol. The quantitative estimate of drug-likeness (QED) is 0.791. The normalized spacial score (nSPS) is 36.5. The van der Waals surface area contributed by atoms with Crippen LogP contribution in [0.1, 0.15) is 59.8 Å². The summed E-state index contributed by atoms with van der Waals surface area (Å²) in [5.41, 5.74) is 0. The molecule has 4 atom stereocenters. The molecule has 1 aliphatic carbocycles. The van der Waals surface area contributed by atoms with Crippen molar-refractivity contribution in [3.05, 3.63) is 0 Å². The number of hydrogen-bond donors (Lipinski definition) is 1. The van der Waals surface area contributed by atoms with Gasteiger partial charge in [0.25, 0.3) is 0 Å². The van der Waals surface area contributed by atoms with Gasteiger partial charge in [-0.25, -0.2) is 0 Å². The van der Waals surface area contributed by atoms with Crippen LogP contribution in [0.25, 0.3) is 0 Å². The zero-order chi connectivity index (χ0) is 13.8. The second kappa shape index (κ2) is 7.08. The first-order chi connectivity index (χ1) is 9.10. The Morgan fingerprint density at radius 1 is 1.21 bits per heavy atom. The zero-order valence-corrected chi connectivity index (χ0v) is 13.5. The molecule has 0 aromatic rings. The van der Waals surface area contributed by atoms with Gasteiger partial charge in [-0.1, -0.05) is 34.1 Å². The number of hydrogen-bond acceptors (Lipinski definition) is 2. The lowest BCUT2D eigenvalue weighted by molar-refractivity contribution is 0.0220. The van der Waals surface area contributed by atoms with Crippen LogP contribution in [-0.4, -0.2) is 36.6 Å². The molecular formula is C17H34N2. The first-order valence-electron chi connectivity index (χ1n) is 8.57. The third-order valence-corrected chi connectivity index (χ3v) is 5.34. The first kappa shape index (κ1) is 15.3. The second-order valence-corrected chi connectivity index (χ2v) is 7.42. The van der Waals surface area contributed by atoms with Gasteiger partial charge in [0.15, 0.2) is 0 Å². The molecule has 0 spiro atoms. The van der Waals surface area contributed by atoms with Crippen LogP contribution in [0, 0.1) is 17.8 Å². The SMILES string of the molecule is CCC1CC(NCCC(C)C)CN(C2CCC2C)C1. The highest BCUT2D eigenvalue weighted by molar-refractivity contribution is 4.92. The molecular weight excluding hydrogens is 232 g/mol. The van der Waals surface area contributed by atoms with Gasteiger partial charge in [0.05, 0.1) is 0 Å². The van der Waals surface area contributed by atoms with E-state index in [2.05, 4.69) is 37.9 Å².